The summed E-state index contributed by atoms with van der Waals surface area (Å²) in [6.45, 7) is 6.67. The average molecular weight is 839 g/mol. The zero-order valence-corrected chi connectivity index (χ0v) is 31.1. The van der Waals surface area contributed by atoms with E-state index in [0.717, 1.165) is 62.3 Å². The second-order valence-corrected chi connectivity index (χ2v) is 13.3. The quantitative estimate of drug-likeness (QED) is 0.143. The summed E-state index contributed by atoms with van der Waals surface area (Å²) in [6, 6.07) is 56.6. The minimum absolute atomic E-state index is 0. The maximum atomic E-state index is 4.88. The van der Waals surface area contributed by atoms with E-state index < -0.39 is 0 Å². The van der Waals surface area contributed by atoms with Crippen LogP contribution in [0.5, 0.6) is 0 Å². The number of aromatic nitrogens is 2. The van der Waals surface area contributed by atoms with Crippen LogP contribution in [0, 0.1) is 25.0 Å². The molecule has 8 aromatic rings. The topological polar surface area (TPSA) is 29.0 Å². The van der Waals surface area contributed by atoms with Crippen LogP contribution in [-0.4, -0.2) is 9.97 Å². The number of pyridine rings is 2. The summed E-state index contributed by atoms with van der Waals surface area (Å²) in [5.41, 5.74) is 11.4. The Labute approximate surface area is 314 Å². The fourth-order valence-corrected chi connectivity index (χ4v) is 6.85. The van der Waals surface area contributed by atoms with Crippen LogP contribution in [0.25, 0.3) is 55.2 Å². The fourth-order valence-electron chi connectivity index (χ4n) is 6.85. The van der Waals surface area contributed by atoms with Crippen LogP contribution in [-0.2, 0) is 27.5 Å². The van der Waals surface area contributed by atoms with Crippen LogP contribution in [0.1, 0.15) is 25.0 Å². The zero-order valence-electron chi connectivity index (χ0n) is 28.9. The number of benzene rings is 6. The molecule has 6 aromatic carbocycles. The van der Waals surface area contributed by atoms with Gasteiger partial charge in [0.25, 0.3) is 0 Å². The van der Waals surface area contributed by atoms with Crippen molar-refractivity contribution in [3.63, 3.8) is 0 Å². The molecule has 0 saturated heterocycles. The molecule has 4 heteroatoms. The smallest absolute Gasteiger partial charge is 0.346 e. The van der Waals surface area contributed by atoms with Crippen LogP contribution in [0.2, 0.25) is 0 Å². The number of nitrogens with zero attached hydrogens (tertiary/aromatic N) is 3. The Morgan fingerprint density at radius 2 is 1.20 bits per heavy atom. The van der Waals surface area contributed by atoms with E-state index in [4.69, 9.17) is 9.97 Å². The Morgan fingerprint density at radius 1 is 0.588 bits per heavy atom. The first-order valence-corrected chi connectivity index (χ1v) is 17.2. The molecular formula is C47H37N3Pt. The van der Waals surface area contributed by atoms with Gasteiger partial charge in [0.1, 0.15) is 0 Å². The Balaban J connectivity index is 0.00000406. The Morgan fingerprint density at radius 3 is 1.90 bits per heavy atom. The number of rotatable bonds is 8. The zero-order chi connectivity index (χ0) is 34.0. The summed E-state index contributed by atoms with van der Waals surface area (Å²) >= 11 is 0. The van der Waals surface area contributed by atoms with Crippen LogP contribution in [0.3, 0.4) is 0 Å². The summed E-state index contributed by atoms with van der Waals surface area (Å²) in [4.78, 5) is 12.0. The first kappa shape index (κ1) is 34.1. The van der Waals surface area contributed by atoms with Crippen molar-refractivity contribution in [2.45, 2.75) is 27.2 Å². The molecule has 0 bridgehead atoms. The molecule has 0 aliphatic carbocycles. The van der Waals surface area contributed by atoms with Crippen molar-refractivity contribution in [1.29, 1.82) is 0 Å². The predicted molar refractivity (Wildman–Crippen MR) is 209 cm³/mol. The average Bonchev–Trinajstić information content (AvgIpc) is 3.16. The third kappa shape index (κ3) is 7.00. The van der Waals surface area contributed by atoms with Crippen LogP contribution in [0.4, 0.5) is 17.1 Å². The van der Waals surface area contributed by atoms with Gasteiger partial charge >= 0.3 is 21.1 Å². The van der Waals surface area contributed by atoms with Crippen molar-refractivity contribution in [3.05, 3.63) is 175 Å². The van der Waals surface area contributed by atoms with Crippen molar-refractivity contribution in [2.24, 2.45) is 5.92 Å². The van der Waals surface area contributed by atoms with E-state index in [2.05, 4.69) is 165 Å². The third-order valence-corrected chi connectivity index (χ3v) is 9.27. The predicted octanol–water partition coefficient (Wildman–Crippen LogP) is 12.4. The van der Waals surface area contributed by atoms with Crippen molar-refractivity contribution in [3.8, 4) is 33.6 Å². The van der Waals surface area contributed by atoms with Crippen LogP contribution in [0.15, 0.2) is 152 Å². The molecule has 0 aliphatic rings. The van der Waals surface area contributed by atoms with E-state index in [1.165, 1.54) is 27.5 Å². The summed E-state index contributed by atoms with van der Waals surface area (Å²) in [5, 5.41) is 4.72. The molecule has 0 unspecified atom stereocenters. The molecule has 0 spiro atoms. The van der Waals surface area contributed by atoms with Gasteiger partial charge in [0.05, 0.1) is 5.69 Å². The van der Waals surface area contributed by atoms with Gasteiger partial charge < -0.3 is 14.9 Å². The van der Waals surface area contributed by atoms with E-state index in [1.807, 2.05) is 24.5 Å². The Kier molecular flexibility index (Phi) is 9.93. The minimum atomic E-state index is 0. The van der Waals surface area contributed by atoms with E-state index in [1.54, 1.807) is 0 Å². The maximum Gasteiger partial charge on any atom is 2.00 e. The second kappa shape index (κ2) is 14.9. The molecule has 51 heavy (non-hydrogen) atoms. The summed E-state index contributed by atoms with van der Waals surface area (Å²) < 4.78 is 0. The van der Waals surface area contributed by atoms with Gasteiger partial charge in [0, 0.05) is 17.8 Å². The monoisotopic (exact) mass is 838 g/mol. The number of aryl methyl sites for hydroxylation is 1. The molecule has 0 saturated carbocycles. The van der Waals surface area contributed by atoms with E-state index in [9.17, 15) is 0 Å². The van der Waals surface area contributed by atoms with Crippen molar-refractivity contribution in [1.82, 2.24) is 9.97 Å². The molecule has 0 amide bonds. The molecule has 250 valence electrons. The molecule has 8 rings (SSSR count). The maximum absolute atomic E-state index is 4.88. The molecular weight excluding hydrogens is 802 g/mol. The van der Waals surface area contributed by atoms with Gasteiger partial charge in [-0.1, -0.05) is 111 Å². The standard InChI is InChI=1S/C47H37N3.Pt/c1-32(2)25-36-23-24-47(43-22-10-9-21-42(36)43)50(40-19-11-17-37(26-40)45-28-35-15-7-8-16-39(35)31-49-45)41-20-12-18-38(27-41)46-29-44(33(3)30-48-46)34-13-5-4-6-14-34;/h4-24,28-32H,25H2,1-3H3;/q-2;+2. The number of anilines is 3. The molecule has 0 fully saturated rings. The minimum Gasteiger partial charge on any atom is -0.346 e. The number of hydrogen-bond donors (Lipinski definition) is 0. The van der Waals surface area contributed by atoms with Gasteiger partial charge in [0.2, 0.25) is 0 Å². The van der Waals surface area contributed by atoms with Gasteiger partial charge in [0.15, 0.2) is 0 Å². The summed E-state index contributed by atoms with van der Waals surface area (Å²) in [6.07, 6.45) is 4.92. The Hall–Kier alpha value is -5.37. The SMILES string of the molecule is Cc1cnc(-c2[c-]c(N(c3[c-]c(-c4cc5ccccc5cn4)ccc3)c3ccc(CC(C)C)c4ccccc34)ccc2)cc1-c1ccccc1.[Pt+2]. The molecule has 0 radical (unpaired) electrons. The van der Waals surface area contributed by atoms with Crippen molar-refractivity contribution < 1.29 is 21.1 Å². The number of fused-ring (bicyclic) bond motifs is 2. The van der Waals surface area contributed by atoms with Gasteiger partial charge in [-0.25, -0.2) is 0 Å². The third-order valence-electron chi connectivity index (χ3n) is 9.27. The first-order chi connectivity index (χ1) is 24.5. The van der Waals surface area contributed by atoms with Gasteiger partial charge in [-0.05, 0) is 86.5 Å². The molecule has 2 aromatic heterocycles. The Bertz CT molecular complexity index is 2470. The van der Waals surface area contributed by atoms with E-state index >= 15 is 0 Å². The molecule has 0 atom stereocenters. The normalized spacial score (nSPS) is 11.1. The molecule has 3 nitrogen and oxygen atoms in total. The van der Waals surface area contributed by atoms with Crippen molar-refractivity contribution >= 4 is 38.6 Å². The first-order valence-electron chi connectivity index (χ1n) is 17.2. The summed E-state index contributed by atoms with van der Waals surface area (Å²) in [7, 11) is 0. The molecule has 0 aliphatic heterocycles. The largest absolute Gasteiger partial charge is 2.00 e. The van der Waals surface area contributed by atoms with Crippen molar-refractivity contribution in [2.75, 3.05) is 4.90 Å². The van der Waals surface area contributed by atoms with E-state index in [0.29, 0.717) is 5.92 Å². The fraction of sp³-hybridized carbons (Fsp3) is 0.106. The summed E-state index contributed by atoms with van der Waals surface area (Å²) in [5.74, 6) is 0.549. The van der Waals surface area contributed by atoms with Gasteiger partial charge in [-0.2, -0.15) is 0 Å². The van der Waals surface area contributed by atoms with Crippen LogP contribution < -0.4 is 4.90 Å². The number of hydrogen-bond acceptors (Lipinski definition) is 3. The van der Waals surface area contributed by atoms with Crippen LogP contribution >= 0.6 is 0 Å². The van der Waals surface area contributed by atoms with Gasteiger partial charge in [-0.15, -0.1) is 59.7 Å². The van der Waals surface area contributed by atoms with E-state index in [-0.39, 0.29) is 21.1 Å². The molecule has 0 N–H and O–H groups in total. The van der Waals surface area contributed by atoms with Gasteiger partial charge in [-0.3, -0.25) is 0 Å². The molecule has 2 heterocycles. The second-order valence-electron chi connectivity index (χ2n) is 13.3.